The number of amides is 1. The van der Waals surface area contributed by atoms with E-state index in [-0.39, 0.29) is 28.9 Å². The number of halogens is 1. The van der Waals surface area contributed by atoms with Crippen LogP contribution in [0.3, 0.4) is 0 Å². The Morgan fingerprint density at radius 1 is 1.18 bits per heavy atom. The molecule has 2 aromatic carbocycles. The van der Waals surface area contributed by atoms with Crippen molar-refractivity contribution >= 4 is 33.5 Å². The Hall–Kier alpha value is -2.97. The maximum absolute atomic E-state index is 13.8. The number of fused-ring (bicyclic) bond motifs is 1. The lowest BCUT2D eigenvalue weighted by atomic mass is 9.93. The molecule has 0 saturated carbocycles. The van der Waals surface area contributed by atoms with Crippen LogP contribution in [-0.4, -0.2) is 66.2 Å². The zero-order chi connectivity index (χ0) is 27.8. The number of nitrogens with one attached hydrogen (secondary N) is 1. The maximum Gasteiger partial charge on any atom is 0.410 e. The van der Waals surface area contributed by atoms with Crippen LogP contribution in [0.5, 0.6) is 5.75 Å². The van der Waals surface area contributed by atoms with Crippen LogP contribution in [0.4, 0.5) is 14.3 Å². The van der Waals surface area contributed by atoms with Crippen LogP contribution in [0.2, 0.25) is 0 Å². The second-order valence-corrected chi connectivity index (χ2v) is 13.0. The van der Waals surface area contributed by atoms with Gasteiger partial charge in [-0.25, -0.2) is 14.2 Å². The summed E-state index contributed by atoms with van der Waals surface area (Å²) in [5.41, 5.74) is 1.19. The van der Waals surface area contributed by atoms with E-state index in [9.17, 15) is 18.3 Å². The molecular weight excluding hydrogens is 545 g/mol. The highest BCUT2D eigenvalue weighted by molar-refractivity contribution is 8.25. The molecule has 5 rings (SSSR count). The van der Waals surface area contributed by atoms with Crippen molar-refractivity contribution < 1.29 is 27.8 Å². The van der Waals surface area contributed by atoms with Gasteiger partial charge in [0.2, 0.25) is 5.13 Å². The third kappa shape index (κ3) is 6.28. The molecule has 3 aromatic rings. The van der Waals surface area contributed by atoms with Crippen LogP contribution in [0, 0.1) is 5.82 Å². The van der Waals surface area contributed by atoms with E-state index in [1.165, 1.54) is 18.5 Å². The fraction of sp³-hybridized carbons (Fsp3) is 0.423. The number of hydrogen-bond acceptors (Lipinski definition) is 10. The summed E-state index contributed by atoms with van der Waals surface area (Å²) >= 11 is 1.03. The average molecular weight is 578 g/mol. The van der Waals surface area contributed by atoms with Gasteiger partial charge in [0.1, 0.15) is 23.5 Å². The zero-order valence-electron chi connectivity index (χ0n) is 21.9. The van der Waals surface area contributed by atoms with Crippen molar-refractivity contribution in [2.24, 2.45) is 0 Å². The Kier molecular flexibility index (Phi) is 7.71. The molecule has 0 spiro atoms. The van der Waals surface area contributed by atoms with E-state index in [0.717, 1.165) is 22.7 Å². The molecule has 1 saturated heterocycles. The number of ether oxygens (including phenoxy) is 2. The molecule has 2 aliphatic rings. The smallest absolute Gasteiger partial charge is 0.410 e. The van der Waals surface area contributed by atoms with Crippen LogP contribution in [0.15, 0.2) is 53.7 Å². The Labute approximate surface area is 232 Å². The molecule has 0 radical (unpaired) electrons. The van der Waals surface area contributed by atoms with Gasteiger partial charge < -0.3 is 14.4 Å². The lowest BCUT2D eigenvalue weighted by Crippen LogP contribution is -2.52. The SMILES string of the molecule is CC(C)(C)OC(=O)N1CCN([C@H]2CCOc3cc(S(O)(O)Nc4ncns4)ccc32)[C@H](c2ccc(F)cc2)C1. The Bertz CT molecular complexity index is 1300. The molecule has 1 aromatic heterocycles. The van der Waals surface area contributed by atoms with E-state index in [2.05, 4.69) is 19.0 Å². The number of carbonyl (C=O) groups excluding carboxylic acids is 1. The molecule has 3 heterocycles. The van der Waals surface area contributed by atoms with Crippen LogP contribution in [0.1, 0.15) is 50.4 Å². The molecule has 13 heteroatoms. The highest BCUT2D eigenvalue weighted by atomic mass is 32.3. The molecule has 3 N–H and O–H groups in total. The molecule has 2 aliphatic heterocycles. The molecule has 0 unspecified atom stereocenters. The third-order valence-corrected chi connectivity index (χ3v) is 8.74. The van der Waals surface area contributed by atoms with Crippen LogP contribution < -0.4 is 9.46 Å². The van der Waals surface area contributed by atoms with E-state index in [1.54, 1.807) is 29.2 Å². The third-order valence-electron chi connectivity index (χ3n) is 6.64. The van der Waals surface area contributed by atoms with Gasteiger partial charge in [-0.1, -0.05) is 29.0 Å². The average Bonchev–Trinajstić information content (AvgIpc) is 3.39. The van der Waals surface area contributed by atoms with E-state index in [0.29, 0.717) is 43.5 Å². The molecule has 1 fully saturated rings. The first-order chi connectivity index (χ1) is 18.5. The highest BCUT2D eigenvalue weighted by Gasteiger charge is 2.39. The van der Waals surface area contributed by atoms with Gasteiger partial charge in [0.25, 0.3) is 0 Å². The molecule has 0 bridgehead atoms. The lowest BCUT2D eigenvalue weighted by molar-refractivity contribution is -0.0104. The first kappa shape index (κ1) is 27.6. The van der Waals surface area contributed by atoms with Crippen molar-refractivity contribution in [1.29, 1.82) is 0 Å². The van der Waals surface area contributed by atoms with E-state index in [4.69, 9.17) is 9.47 Å². The van der Waals surface area contributed by atoms with Crippen LogP contribution >= 0.6 is 22.3 Å². The summed E-state index contributed by atoms with van der Waals surface area (Å²) < 4.78 is 53.4. The van der Waals surface area contributed by atoms with Gasteiger partial charge in [-0.05, 0) is 44.5 Å². The number of hydrogen-bond donors (Lipinski definition) is 3. The summed E-state index contributed by atoms with van der Waals surface area (Å²) in [6.07, 6.45) is 1.67. The van der Waals surface area contributed by atoms with Gasteiger partial charge in [0, 0.05) is 55.3 Å². The highest BCUT2D eigenvalue weighted by Crippen LogP contribution is 2.51. The van der Waals surface area contributed by atoms with Crippen molar-refractivity contribution in [2.75, 3.05) is 31.0 Å². The molecule has 210 valence electrons. The standard InChI is InChI=1S/C26H32FN5O5S2/c1-26(2,3)37-25(33)31-11-12-32(22(15-31)17-4-6-18(27)7-5-17)21-10-13-36-23-14-19(8-9-20(21)23)39(34,35)30-24-28-16-29-38-24/h4-9,14,16,21-22,34-35H,10-13,15H2,1-3H3,(H,28,29,30)/t21-,22-/m0/s1. The van der Waals surface area contributed by atoms with Gasteiger partial charge in [-0.2, -0.15) is 4.37 Å². The number of carbonyl (C=O) groups is 1. The number of piperazine rings is 1. The maximum atomic E-state index is 13.8. The van der Waals surface area contributed by atoms with Crippen molar-refractivity contribution in [3.63, 3.8) is 0 Å². The predicted octanol–water partition coefficient (Wildman–Crippen LogP) is 5.93. The minimum atomic E-state index is -3.38. The summed E-state index contributed by atoms with van der Waals surface area (Å²) in [5, 5.41) is 0.302. The molecular formula is C26H32FN5O5S2. The van der Waals surface area contributed by atoms with Crippen LogP contribution in [0.25, 0.3) is 0 Å². The minimum Gasteiger partial charge on any atom is -0.493 e. The topological polar surface area (TPSA) is 120 Å². The van der Waals surface area contributed by atoms with Crippen molar-refractivity contribution in [1.82, 2.24) is 19.2 Å². The first-order valence-electron chi connectivity index (χ1n) is 12.6. The fourth-order valence-corrected chi connectivity index (χ4v) is 6.64. The fourth-order valence-electron chi connectivity index (χ4n) is 4.92. The van der Waals surface area contributed by atoms with E-state index >= 15 is 0 Å². The molecule has 2 atom stereocenters. The molecule has 1 amide bonds. The molecule has 39 heavy (non-hydrogen) atoms. The summed E-state index contributed by atoms with van der Waals surface area (Å²) in [5.74, 6) is 0.241. The molecule has 10 nitrogen and oxygen atoms in total. The Morgan fingerprint density at radius 2 is 1.95 bits per heavy atom. The van der Waals surface area contributed by atoms with Crippen molar-refractivity contribution in [3.8, 4) is 5.75 Å². The van der Waals surface area contributed by atoms with Gasteiger partial charge >= 0.3 is 6.09 Å². The minimum absolute atomic E-state index is 0.0588. The zero-order valence-corrected chi connectivity index (χ0v) is 23.5. The Balaban J connectivity index is 1.43. The van der Waals surface area contributed by atoms with E-state index < -0.39 is 16.4 Å². The van der Waals surface area contributed by atoms with Gasteiger partial charge in [0.05, 0.1) is 17.5 Å². The summed E-state index contributed by atoms with van der Waals surface area (Å²) in [4.78, 5) is 21.2. The van der Waals surface area contributed by atoms with E-state index in [1.807, 2.05) is 26.8 Å². The summed E-state index contributed by atoms with van der Waals surface area (Å²) in [7, 11) is -3.38. The largest absolute Gasteiger partial charge is 0.493 e. The summed E-state index contributed by atoms with van der Waals surface area (Å²) in [6.45, 7) is 7.38. The number of nitrogens with zero attached hydrogens (tertiary/aromatic N) is 4. The summed E-state index contributed by atoms with van der Waals surface area (Å²) in [6, 6.07) is 11.3. The van der Waals surface area contributed by atoms with Crippen molar-refractivity contribution in [2.45, 2.75) is 49.8 Å². The van der Waals surface area contributed by atoms with Crippen LogP contribution in [-0.2, 0) is 4.74 Å². The van der Waals surface area contributed by atoms with Gasteiger partial charge in [0.15, 0.2) is 0 Å². The Morgan fingerprint density at radius 3 is 2.64 bits per heavy atom. The van der Waals surface area contributed by atoms with Gasteiger partial charge in [-0.15, -0.1) is 0 Å². The lowest BCUT2D eigenvalue weighted by Gasteiger charge is -2.47. The number of aromatic nitrogens is 2. The molecule has 0 aliphatic carbocycles. The quantitative estimate of drug-likeness (QED) is 0.339. The van der Waals surface area contributed by atoms with Crippen molar-refractivity contribution in [3.05, 3.63) is 65.7 Å². The number of rotatable bonds is 5. The number of benzene rings is 2. The second kappa shape index (κ2) is 10.9. The normalized spacial score (nSPS) is 20.6. The first-order valence-corrected chi connectivity index (χ1v) is 14.9. The monoisotopic (exact) mass is 577 g/mol. The number of anilines is 1. The predicted molar refractivity (Wildman–Crippen MR) is 148 cm³/mol. The van der Waals surface area contributed by atoms with Gasteiger partial charge in [-0.3, -0.25) is 18.7 Å². The second-order valence-electron chi connectivity index (χ2n) is 10.5.